The summed E-state index contributed by atoms with van der Waals surface area (Å²) < 4.78 is 0. The number of amides is 1. The normalized spacial score (nSPS) is 23.2. The van der Waals surface area contributed by atoms with E-state index in [-0.39, 0.29) is 24.6 Å². The molecular weight excluding hydrogens is 216 g/mol. The van der Waals surface area contributed by atoms with Gasteiger partial charge in [-0.1, -0.05) is 32.6 Å². The average molecular weight is 242 g/mol. The SMILES string of the molecule is CCCCC(N)C(=O)N1CCCCCC1CO. The molecule has 2 unspecified atom stereocenters. The van der Waals surface area contributed by atoms with Crippen LogP contribution in [0.2, 0.25) is 0 Å². The minimum atomic E-state index is -0.387. The second kappa shape index (κ2) is 7.67. The molecule has 0 aromatic heterocycles. The smallest absolute Gasteiger partial charge is 0.239 e. The lowest BCUT2D eigenvalue weighted by Gasteiger charge is -2.31. The van der Waals surface area contributed by atoms with Crippen molar-refractivity contribution in [1.82, 2.24) is 4.90 Å². The Morgan fingerprint density at radius 1 is 1.47 bits per heavy atom. The van der Waals surface area contributed by atoms with E-state index in [4.69, 9.17) is 5.73 Å². The predicted octanol–water partition coefficient (Wildman–Crippen LogP) is 1.27. The lowest BCUT2D eigenvalue weighted by atomic mass is 10.1. The molecule has 0 aromatic carbocycles. The van der Waals surface area contributed by atoms with Crippen molar-refractivity contribution in [1.29, 1.82) is 0 Å². The second-order valence-electron chi connectivity index (χ2n) is 4.97. The van der Waals surface area contributed by atoms with Crippen LogP contribution in [0.3, 0.4) is 0 Å². The minimum absolute atomic E-state index is 0.0160. The molecule has 1 aliphatic rings. The second-order valence-corrected chi connectivity index (χ2v) is 4.97. The van der Waals surface area contributed by atoms with Gasteiger partial charge in [-0.2, -0.15) is 0 Å². The Hall–Kier alpha value is -0.610. The van der Waals surface area contributed by atoms with E-state index in [2.05, 4.69) is 6.92 Å². The number of aliphatic hydroxyl groups excluding tert-OH is 1. The Labute approximate surface area is 104 Å². The third kappa shape index (κ3) is 4.28. The van der Waals surface area contributed by atoms with Gasteiger partial charge in [0.05, 0.1) is 18.7 Å². The largest absolute Gasteiger partial charge is 0.394 e. The van der Waals surface area contributed by atoms with Crippen LogP contribution in [0.1, 0.15) is 51.9 Å². The number of rotatable bonds is 5. The van der Waals surface area contributed by atoms with Crippen molar-refractivity contribution in [2.24, 2.45) is 5.73 Å². The molecule has 0 aliphatic carbocycles. The first-order chi connectivity index (χ1) is 8.20. The molecule has 4 heteroatoms. The molecule has 17 heavy (non-hydrogen) atoms. The van der Waals surface area contributed by atoms with Crippen molar-refractivity contribution in [2.75, 3.05) is 13.2 Å². The van der Waals surface area contributed by atoms with E-state index >= 15 is 0 Å². The Kier molecular flexibility index (Phi) is 6.52. The molecule has 4 nitrogen and oxygen atoms in total. The van der Waals surface area contributed by atoms with Crippen LogP contribution in [0.4, 0.5) is 0 Å². The van der Waals surface area contributed by atoms with Gasteiger partial charge >= 0.3 is 0 Å². The van der Waals surface area contributed by atoms with Gasteiger partial charge in [0, 0.05) is 6.54 Å². The quantitative estimate of drug-likeness (QED) is 0.763. The Balaban J connectivity index is 2.56. The van der Waals surface area contributed by atoms with Gasteiger partial charge in [0.2, 0.25) is 5.91 Å². The highest BCUT2D eigenvalue weighted by Crippen LogP contribution is 2.18. The average Bonchev–Trinajstić information content (AvgIpc) is 2.59. The number of unbranched alkanes of at least 4 members (excludes halogenated alkanes) is 1. The van der Waals surface area contributed by atoms with E-state index in [1.54, 1.807) is 0 Å². The van der Waals surface area contributed by atoms with Crippen molar-refractivity contribution >= 4 is 5.91 Å². The van der Waals surface area contributed by atoms with Crippen molar-refractivity contribution in [3.8, 4) is 0 Å². The lowest BCUT2D eigenvalue weighted by Crippen LogP contribution is -2.49. The van der Waals surface area contributed by atoms with E-state index in [0.29, 0.717) is 0 Å². The van der Waals surface area contributed by atoms with Crippen molar-refractivity contribution in [3.05, 3.63) is 0 Å². The maximum atomic E-state index is 12.2. The molecule has 1 heterocycles. The van der Waals surface area contributed by atoms with Crippen LogP contribution in [0.25, 0.3) is 0 Å². The number of hydrogen-bond donors (Lipinski definition) is 2. The Morgan fingerprint density at radius 3 is 2.88 bits per heavy atom. The topological polar surface area (TPSA) is 66.6 Å². The van der Waals surface area contributed by atoms with E-state index in [1.165, 1.54) is 0 Å². The maximum absolute atomic E-state index is 12.2. The Bertz CT molecular complexity index is 233. The number of likely N-dealkylation sites (tertiary alicyclic amines) is 1. The maximum Gasteiger partial charge on any atom is 0.239 e. The number of carbonyl (C=O) groups is 1. The number of carbonyl (C=O) groups excluding carboxylic acids is 1. The summed E-state index contributed by atoms with van der Waals surface area (Å²) in [6.45, 7) is 2.91. The van der Waals surface area contributed by atoms with E-state index in [9.17, 15) is 9.90 Å². The van der Waals surface area contributed by atoms with Crippen molar-refractivity contribution in [3.63, 3.8) is 0 Å². The first-order valence-electron chi connectivity index (χ1n) is 6.87. The lowest BCUT2D eigenvalue weighted by molar-refractivity contribution is -0.136. The molecule has 2 atom stereocenters. The number of aliphatic hydroxyl groups is 1. The summed E-state index contributed by atoms with van der Waals surface area (Å²) in [4.78, 5) is 14.0. The van der Waals surface area contributed by atoms with Crippen LogP contribution in [0.15, 0.2) is 0 Å². The monoisotopic (exact) mass is 242 g/mol. The van der Waals surface area contributed by atoms with Gasteiger partial charge in [0.25, 0.3) is 0 Å². The molecule has 1 rings (SSSR count). The van der Waals surface area contributed by atoms with Crippen LogP contribution < -0.4 is 5.73 Å². The first-order valence-corrected chi connectivity index (χ1v) is 6.87. The number of nitrogens with two attached hydrogens (primary N) is 1. The minimum Gasteiger partial charge on any atom is -0.394 e. The zero-order valence-corrected chi connectivity index (χ0v) is 10.9. The van der Waals surface area contributed by atoms with Crippen LogP contribution in [0.5, 0.6) is 0 Å². The van der Waals surface area contributed by atoms with Crippen molar-refractivity contribution in [2.45, 2.75) is 64.0 Å². The molecule has 1 saturated heterocycles. The van der Waals surface area contributed by atoms with Crippen LogP contribution in [0, 0.1) is 0 Å². The van der Waals surface area contributed by atoms with Crippen LogP contribution in [-0.4, -0.2) is 41.1 Å². The molecule has 1 aliphatic heterocycles. The summed E-state index contributed by atoms with van der Waals surface area (Å²) in [7, 11) is 0. The molecule has 3 N–H and O–H groups in total. The molecule has 0 bridgehead atoms. The third-order valence-electron chi connectivity index (χ3n) is 3.56. The van der Waals surface area contributed by atoms with Gasteiger partial charge in [0.15, 0.2) is 0 Å². The van der Waals surface area contributed by atoms with Gasteiger partial charge in [0.1, 0.15) is 0 Å². The number of hydrogen-bond acceptors (Lipinski definition) is 3. The summed E-state index contributed by atoms with van der Waals surface area (Å²) >= 11 is 0. The van der Waals surface area contributed by atoms with Gasteiger partial charge in [-0.3, -0.25) is 4.79 Å². The Morgan fingerprint density at radius 2 is 2.24 bits per heavy atom. The van der Waals surface area contributed by atoms with E-state index < -0.39 is 0 Å². The molecule has 0 spiro atoms. The summed E-state index contributed by atoms with van der Waals surface area (Å²) in [6.07, 6.45) is 6.98. The molecule has 0 radical (unpaired) electrons. The molecular formula is C13H26N2O2. The summed E-state index contributed by atoms with van der Waals surface area (Å²) in [5.41, 5.74) is 5.93. The molecule has 1 amide bonds. The van der Waals surface area contributed by atoms with Gasteiger partial charge in [-0.25, -0.2) is 0 Å². The molecule has 1 fully saturated rings. The predicted molar refractivity (Wildman–Crippen MR) is 68.6 cm³/mol. The van der Waals surface area contributed by atoms with E-state index in [1.807, 2.05) is 4.90 Å². The highest BCUT2D eigenvalue weighted by molar-refractivity contribution is 5.82. The zero-order valence-electron chi connectivity index (χ0n) is 10.9. The van der Waals surface area contributed by atoms with Gasteiger partial charge in [-0.05, 0) is 19.3 Å². The fourth-order valence-electron chi connectivity index (χ4n) is 2.42. The summed E-state index contributed by atoms with van der Waals surface area (Å²) in [6, 6.07) is -0.403. The molecule has 100 valence electrons. The highest BCUT2D eigenvalue weighted by atomic mass is 16.3. The van der Waals surface area contributed by atoms with Crippen LogP contribution in [-0.2, 0) is 4.79 Å². The number of nitrogens with zero attached hydrogens (tertiary/aromatic N) is 1. The van der Waals surface area contributed by atoms with Crippen LogP contribution >= 0.6 is 0 Å². The first kappa shape index (κ1) is 14.5. The summed E-state index contributed by atoms with van der Waals surface area (Å²) in [5, 5.41) is 9.36. The standard InChI is InChI=1S/C13H26N2O2/c1-2-3-8-12(14)13(17)15-9-6-4-5-7-11(15)10-16/h11-12,16H,2-10,14H2,1H3. The van der Waals surface area contributed by atoms with E-state index in [0.717, 1.165) is 51.5 Å². The zero-order chi connectivity index (χ0) is 12.7. The summed E-state index contributed by atoms with van der Waals surface area (Å²) in [5.74, 6) is 0.0272. The third-order valence-corrected chi connectivity index (χ3v) is 3.56. The van der Waals surface area contributed by atoms with Gasteiger partial charge in [-0.15, -0.1) is 0 Å². The molecule has 0 saturated carbocycles. The van der Waals surface area contributed by atoms with Gasteiger partial charge < -0.3 is 15.7 Å². The van der Waals surface area contributed by atoms with Crippen molar-refractivity contribution < 1.29 is 9.90 Å². The highest BCUT2D eigenvalue weighted by Gasteiger charge is 2.27. The fourth-order valence-corrected chi connectivity index (χ4v) is 2.42. The fraction of sp³-hybridized carbons (Fsp3) is 0.923. The molecule has 0 aromatic rings.